The second-order valence-electron chi connectivity index (χ2n) is 6.41. The van der Waals surface area contributed by atoms with Crippen LogP contribution in [0.25, 0.3) is 0 Å². The number of carbonyl (C=O) groups is 1. The highest BCUT2D eigenvalue weighted by molar-refractivity contribution is 5.82. The van der Waals surface area contributed by atoms with Gasteiger partial charge in [-0.15, -0.1) is 0 Å². The van der Waals surface area contributed by atoms with Gasteiger partial charge in [0.15, 0.2) is 6.10 Å². The van der Waals surface area contributed by atoms with Crippen LogP contribution in [0.15, 0.2) is 36.7 Å². The molecule has 2 aromatic rings. The SMILES string of the molecule is O=C(NC1CCCN(c2ncccn2)C1)C1Cc2cc(F)ccc2O1. The van der Waals surface area contributed by atoms with Crippen molar-refractivity contribution in [3.05, 3.63) is 48.0 Å². The van der Waals surface area contributed by atoms with E-state index in [0.29, 0.717) is 24.7 Å². The lowest BCUT2D eigenvalue weighted by molar-refractivity contribution is -0.128. The number of benzene rings is 1. The van der Waals surface area contributed by atoms with Crippen LogP contribution in [0, 0.1) is 5.82 Å². The Morgan fingerprint density at radius 1 is 1.32 bits per heavy atom. The Hall–Kier alpha value is -2.70. The molecule has 7 heteroatoms. The normalized spacial score (nSPS) is 22.2. The molecule has 3 heterocycles. The maximum atomic E-state index is 13.3. The van der Waals surface area contributed by atoms with Crippen molar-refractivity contribution in [1.29, 1.82) is 0 Å². The van der Waals surface area contributed by atoms with Crippen molar-refractivity contribution in [3.63, 3.8) is 0 Å². The first-order valence-electron chi connectivity index (χ1n) is 8.46. The first kappa shape index (κ1) is 15.8. The lowest BCUT2D eigenvalue weighted by Gasteiger charge is -2.33. The van der Waals surface area contributed by atoms with Crippen LogP contribution in [0.5, 0.6) is 5.75 Å². The number of amides is 1. The van der Waals surface area contributed by atoms with E-state index >= 15 is 0 Å². The van der Waals surface area contributed by atoms with Crippen molar-refractivity contribution < 1.29 is 13.9 Å². The maximum Gasteiger partial charge on any atom is 0.261 e. The van der Waals surface area contributed by atoms with Gasteiger partial charge in [0.25, 0.3) is 5.91 Å². The summed E-state index contributed by atoms with van der Waals surface area (Å²) in [7, 11) is 0. The van der Waals surface area contributed by atoms with Gasteiger partial charge in [-0.1, -0.05) is 0 Å². The minimum Gasteiger partial charge on any atom is -0.480 e. The Balaban J connectivity index is 1.37. The summed E-state index contributed by atoms with van der Waals surface area (Å²) >= 11 is 0. The number of hydrogen-bond acceptors (Lipinski definition) is 5. The first-order valence-corrected chi connectivity index (χ1v) is 8.46. The van der Waals surface area contributed by atoms with Crippen LogP contribution < -0.4 is 15.0 Å². The average Bonchev–Trinajstić information content (AvgIpc) is 3.06. The van der Waals surface area contributed by atoms with Crippen LogP contribution in [0.2, 0.25) is 0 Å². The molecule has 1 aromatic carbocycles. The van der Waals surface area contributed by atoms with Gasteiger partial charge in [0.1, 0.15) is 11.6 Å². The fourth-order valence-electron chi connectivity index (χ4n) is 3.39. The van der Waals surface area contributed by atoms with Gasteiger partial charge in [0.2, 0.25) is 5.95 Å². The third kappa shape index (κ3) is 3.40. The summed E-state index contributed by atoms with van der Waals surface area (Å²) in [6.45, 7) is 1.55. The Morgan fingerprint density at radius 3 is 3.00 bits per heavy atom. The lowest BCUT2D eigenvalue weighted by Crippen LogP contribution is -2.51. The second-order valence-corrected chi connectivity index (χ2v) is 6.41. The highest BCUT2D eigenvalue weighted by atomic mass is 19.1. The number of anilines is 1. The Labute approximate surface area is 145 Å². The van der Waals surface area contributed by atoms with Crippen molar-refractivity contribution in [2.75, 3.05) is 18.0 Å². The summed E-state index contributed by atoms with van der Waals surface area (Å²) in [5.74, 6) is 0.803. The number of fused-ring (bicyclic) bond motifs is 1. The van der Waals surface area contributed by atoms with E-state index in [2.05, 4.69) is 20.2 Å². The van der Waals surface area contributed by atoms with Crippen LogP contribution >= 0.6 is 0 Å². The van der Waals surface area contributed by atoms with Gasteiger partial charge in [-0.2, -0.15) is 0 Å². The molecule has 2 aliphatic rings. The largest absolute Gasteiger partial charge is 0.480 e. The molecule has 25 heavy (non-hydrogen) atoms. The van der Waals surface area contributed by atoms with Gasteiger partial charge in [-0.05, 0) is 37.1 Å². The molecule has 0 aliphatic carbocycles. The molecule has 1 fully saturated rings. The van der Waals surface area contributed by atoms with Crippen LogP contribution in [-0.2, 0) is 11.2 Å². The van der Waals surface area contributed by atoms with Gasteiger partial charge in [-0.25, -0.2) is 14.4 Å². The van der Waals surface area contributed by atoms with E-state index in [4.69, 9.17) is 4.74 Å². The average molecular weight is 342 g/mol. The highest BCUT2D eigenvalue weighted by Crippen LogP contribution is 2.29. The molecule has 2 unspecified atom stereocenters. The molecule has 1 saturated heterocycles. The predicted molar refractivity (Wildman–Crippen MR) is 89.9 cm³/mol. The van der Waals surface area contributed by atoms with Crippen LogP contribution in [0.1, 0.15) is 18.4 Å². The quantitative estimate of drug-likeness (QED) is 0.920. The Kier molecular flexibility index (Phi) is 4.21. The minimum atomic E-state index is -0.597. The monoisotopic (exact) mass is 342 g/mol. The number of carbonyl (C=O) groups excluding carboxylic acids is 1. The first-order chi connectivity index (χ1) is 12.2. The molecule has 0 spiro atoms. The summed E-state index contributed by atoms with van der Waals surface area (Å²) in [5.41, 5.74) is 0.739. The van der Waals surface area contributed by atoms with Crippen molar-refractivity contribution in [1.82, 2.24) is 15.3 Å². The fourth-order valence-corrected chi connectivity index (χ4v) is 3.39. The molecular formula is C18H19FN4O2. The maximum absolute atomic E-state index is 13.3. The lowest BCUT2D eigenvalue weighted by atomic mass is 10.0. The summed E-state index contributed by atoms with van der Waals surface area (Å²) in [4.78, 5) is 23.1. The zero-order valence-electron chi connectivity index (χ0n) is 13.7. The van der Waals surface area contributed by atoms with Crippen molar-refractivity contribution in [2.45, 2.75) is 31.4 Å². The number of ether oxygens (including phenoxy) is 1. The van der Waals surface area contributed by atoms with E-state index in [9.17, 15) is 9.18 Å². The molecule has 2 atom stereocenters. The zero-order valence-corrected chi connectivity index (χ0v) is 13.7. The second kappa shape index (κ2) is 6.66. The van der Waals surface area contributed by atoms with E-state index in [-0.39, 0.29) is 17.8 Å². The van der Waals surface area contributed by atoms with Crippen LogP contribution in [0.3, 0.4) is 0 Å². The van der Waals surface area contributed by atoms with Crippen molar-refractivity contribution in [2.24, 2.45) is 0 Å². The van der Waals surface area contributed by atoms with Gasteiger partial charge < -0.3 is 15.0 Å². The Bertz CT molecular complexity index is 771. The summed E-state index contributed by atoms with van der Waals surface area (Å²) in [6.07, 6.45) is 5.10. The van der Waals surface area contributed by atoms with E-state index in [1.807, 2.05) is 0 Å². The number of piperidine rings is 1. The van der Waals surface area contributed by atoms with Crippen molar-refractivity contribution in [3.8, 4) is 5.75 Å². The standard InChI is InChI=1S/C18H19FN4O2/c19-13-4-5-15-12(9-13)10-16(25-15)17(24)22-14-3-1-8-23(11-14)18-20-6-2-7-21-18/h2,4-7,9,14,16H,1,3,8,10-11H2,(H,22,24). The van der Waals surface area contributed by atoms with Gasteiger partial charge in [0.05, 0.1) is 0 Å². The third-order valence-electron chi connectivity index (χ3n) is 4.59. The molecular weight excluding hydrogens is 323 g/mol. The summed E-state index contributed by atoms with van der Waals surface area (Å²) < 4.78 is 19.0. The van der Waals surface area contributed by atoms with E-state index in [1.165, 1.54) is 12.1 Å². The van der Waals surface area contributed by atoms with E-state index in [1.54, 1.807) is 24.5 Å². The molecule has 0 saturated carbocycles. The fraction of sp³-hybridized carbons (Fsp3) is 0.389. The number of aromatic nitrogens is 2. The Morgan fingerprint density at radius 2 is 2.16 bits per heavy atom. The summed E-state index contributed by atoms with van der Waals surface area (Å²) in [6, 6.07) is 6.15. The molecule has 1 amide bonds. The molecule has 1 N–H and O–H groups in total. The number of nitrogens with one attached hydrogen (secondary N) is 1. The molecule has 6 nitrogen and oxygen atoms in total. The molecule has 130 valence electrons. The van der Waals surface area contributed by atoms with Crippen LogP contribution in [0.4, 0.5) is 10.3 Å². The predicted octanol–water partition coefficient (Wildman–Crippen LogP) is 1.70. The minimum absolute atomic E-state index is 0.0223. The van der Waals surface area contributed by atoms with Gasteiger partial charge in [0, 0.05) is 43.5 Å². The zero-order chi connectivity index (χ0) is 17.2. The highest BCUT2D eigenvalue weighted by Gasteiger charge is 2.32. The van der Waals surface area contributed by atoms with Gasteiger partial charge in [-0.3, -0.25) is 4.79 Å². The number of rotatable bonds is 3. The third-order valence-corrected chi connectivity index (χ3v) is 4.59. The molecule has 4 rings (SSSR count). The topological polar surface area (TPSA) is 67.4 Å². The van der Waals surface area contributed by atoms with E-state index in [0.717, 1.165) is 24.9 Å². The smallest absolute Gasteiger partial charge is 0.261 e. The summed E-state index contributed by atoms with van der Waals surface area (Å²) in [5, 5.41) is 3.06. The molecule has 0 bridgehead atoms. The van der Waals surface area contributed by atoms with Gasteiger partial charge >= 0.3 is 0 Å². The number of halogens is 1. The molecule has 2 aliphatic heterocycles. The molecule has 0 radical (unpaired) electrons. The van der Waals surface area contributed by atoms with E-state index < -0.39 is 6.10 Å². The number of nitrogens with zero attached hydrogens (tertiary/aromatic N) is 3. The number of hydrogen-bond donors (Lipinski definition) is 1. The van der Waals surface area contributed by atoms with Crippen LogP contribution in [-0.4, -0.2) is 41.1 Å². The molecule has 1 aromatic heterocycles. The van der Waals surface area contributed by atoms with Crippen molar-refractivity contribution >= 4 is 11.9 Å².